The van der Waals surface area contributed by atoms with E-state index in [1.807, 2.05) is 4.90 Å². The maximum atomic E-state index is 13.0. The Kier molecular flexibility index (Phi) is 4.97. The van der Waals surface area contributed by atoms with E-state index in [4.69, 9.17) is 4.74 Å². The maximum absolute atomic E-state index is 13.0. The number of carbonyl (C=O) groups excluding carboxylic acids is 1. The molecule has 2 aromatic rings. The zero-order chi connectivity index (χ0) is 19.8. The van der Waals surface area contributed by atoms with E-state index in [1.165, 1.54) is 4.52 Å². The molecule has 5 rings (SSSR count). The summed E-state index contributed by atoms with van der Waals surface area (Å²) in [6, 6.07) is 4.07. The molecule has 5 heterocycles. The number of carbonyl (C=O) groups is 1. The Hall–Kier alpha value is -2.10. The molecule has 3 aliphatic rings. The molecule has 9 nitrogen and oxygen atoms in total. The summed E-state index contributed by atoms with van der Waals surface area (Å²) in [6.45, 7) is 4.87. The molecule has 0 bridgehead atoms. The van der Waals surface area contributed by atoms with Crippen LogP contribution in [0.5, 0.6) is 0 Å². The minimum atomic E-state index is -0.281. The Morgan fingerprint density at radius 3 is 2.79 bits per heavy atom. The van der Waals surface area contributed by atoms with E-state index < -0.39 is 0 Å². The number of piperidine rings is 2. The van der Waals surface area contributed by atoms with Crippen LogP contribution in [0.4, 0.5) is 0 Å². The Morgan fingerprint density at radius 1 is 1.21 bits per heavy atom. The first kappa shape index (κ1) is 18.9. The monoisotopic (exact) mass is 400 g/mol. The van der Waals surface area contributed by atoms with E-state index >= 15 is 0 Å². The second-order valence-corrected chi connectivity index (χ2v) is 8.82. The van der Waals surface area contributed by atoms with Gasteiger partial charge in [0, 0.05) is 51.6 Å². The second-order valence-electron chi connectivity index (χ2n) is 8.82. The number of hydrogen-bond donors (Lipinski definition) is 1. The number of β-amino-alcohol motifs (C(OH)–C–C–N with tert-alkyl or cyclic N) is 1. The highest BCUT2D eigenvalue weighted by atomic mass is 16.5. The van der Waals surface area contributed by atoms with Gasteiger partial charge in [-0.25, -0.2) is 0 Å². The third-order valence-corrected chi connectivity index (χ3v) is 6.91. The topological polar surface area (TPSA) is 96.1 Å². The average molecular weight is 400 g/mol. The van der Waals surface area contributed by atoms with Gasteiger partial charge in [0.05, 0.1) is 11.7 Å². The van der Waals surface area contributed by atoms with Crippen molar-refractivity contribution in [2.75, 3.05) is 39.4 Å². The van der Waals surface area contributed by atoms with E-state index in [0.717, 1.165) is 71.5 Å². The van der Waals surface area contributed by atoms with Gasteiger partial charge in [-0.15, -0.1) is 5.10 Å². The molecule has 1 atom stereocenters. The van der Waals surface area contributed by atoms with Crippen LogP contribution in [0.15, 0.2) is 18.3 Å². The van der Waals surface area contributed by atoms with Crippen molar-refractivity contribution in [1.29, 1.82) is 0 Å². The number of aliphatic hydroxyl groups is 1. The number of rotatable bonds is 2. The van der Waals surface area contributed by atoms with Crippen molar-refractivity contribution in [3.63, 3.8) is 0 Å². The maximum Gasteiger partial charge on any atom is 0.255 e. The molecule has 29 heavy (non-hydrogen) atoms. The van der Waals surface area contributed by atoms with Gasteiger partial charge >= 0.3 is 0 Å². The Morgan fingerprint density at radius 2 is 2.00 bits per heavy atom. The molecular weight excluding hydrogens is 372 g/mol. The fourth-order valence-electron chi connectivity index (χ4n) is 5.32. The van der Waals surface area contributed by atoms with Crippen LogP contribution >= 0.6 is 0 Å². The quantitative estimate of drug-likeness (QED) is 0.788. The third-order valence-electron chi connectivity index (χ3n) is 6.91. The molecule has 2 aromatic heterocycles. The summed E-state index contributed by atoms with van der Waals surface area (Å²) in [5.74, 6) is 0.0230. The van der Waals surface area contributed by atoms with Crippen LogP contribution in [-0.4, -0.2) is 92.4 Å². The highest BCUT2D eigenvalue weighted by Crippen LogP contribution is 2.41. The van der Waals surface area contributed by atoms with Gasteiger partial charge in [0.25, 0.3) is 5.91 Å². The standard InChI is InChI=1S/C20H28N6O3/c27-17-11-20(14-25(13-17)16-3-9-29-10-4-16)5-7-24(8-6-20)19(28)15-1-2-18-21-22-23-26(18)12-15/h1-2,12,16-17,27H,3-11,13-14H2. The van der Waals surface area contributed by atoms with Gasteiger partial charge < -0.3 is 14.7 Å². The number of tetrazole rings is 1. The fraction of sp³-hybridized carbons (Fsp3) is 0.700. The van der Waals surface area contributed by atoms with Crippen LogP contribution in [0.2, 0.25) is 0 Å². The van der Waals surface area contributed by atoms with Crippen LogP contribution < -0.4 is 0 Å². The molecular formula is C20H28N6O3. The highest BCUT2D eigenvalue weighted by Gasteiger charge is 2.44. The molecule has 3 saturated heterocycles. The summed E-state index contributed by atoms with van der Waals surface area (Å²) in [6.07, 6.45) is 6.21. The lowest BCUT2D eigenvalue weighted by atomic mass is 9.71. The fourth-order valence-corrected chi connectivity index (χ4v) is 5.32. The van der Waals surface area contributed by atoms with Crippen LogP contribution in [0.3, 0.4) is 0 Å². The summed E-state index contributed by atoms with van der Waals surface area (Å²) in [4.78, 5) is 17.4. The van der Waals surface area contributed by atoms with Crippen molar-refractivity contribution in [3.05, 3.63) is 23.9 Å². The van der Waals surface area contributed by atoms with Crippen molar-refractivity contribution in [2.45, 2.75) is 44.2 Å². The lowest BCUT2D eigenvalue weighted by molar-refractivity contribution is -0.0695. The predicted octanol–water partition coefficient (Wildman–Crippen LogP) is 0.592. The van der Waals surface area contributed by atoms with Gasteiger partial charge in [-0.05, 0) is 60.1 Å². The molecule has 3 aliphatic heterocycles. The molecule has 1 amide bonds. The van der Waals surface area contributed by atoms with Crippen molar-refractivity contribution in [1.82, 2.24) is 29.8 Å². The summed E-state index contributed by atoms with van der Waals surface area (Å²) < 4.78 is 7.04. The summed E-state index contributed by atoms with van der Waals surface area (Å²) in [5.41, 5.74) is 1.34. The largest absolute Gasteiger partial charge is 0.392 e. The lowest BCUT2D eigenvalue weighted by Crippen LogP contribution is -2.57. The Balaban J connectivity index is 1.25. The first-order valence-corrected chi connectivity index (χ1v) is 10.6. The molecule has 1 spiro atoms. The molecule has 0 radical (unpaired) electrons. The predicted molar refractivity (Wildman–Crippen MR) is 104 cm³/mol. The third kappa shape index (κ3) is 3.74. The first-order chi connectivity index (χ1) is 14.1. The molecule has 0 aromatic carbocycles. The Labute approximate surface area is 169 Å². The van der Waals surface area contributed by atoms with E-state index in [9.17, 15) is 9.90 Å². The highest BCUT2D eigenvalue weighted by molar-refractivity contribution is 5.94. The minimum Gasteiger partial charge on any atom is -0.392 e. The number of amides is 1. The van der Waals surface area contributed by atoms with Gasteiger partial charge in [0.15, 0.2) is 5.65 Å². The van der Waals surface area contributed by atoms with Crippen molar-refractivity contribution >= 4 is 11.6 Å². The van der Waals surface area contributed by atoms with Gasteiger partial charge in [-0.2, -0.15) is 4.52 Å². The smallest absolute Gasteiger partial charge is 0.255 e. The van der Waals surface area contributed by atoms with Crippen LogP contribution in [0, 0.1) is 5.41 Å². The number of hydrogen-bond acceptors (Lipinski definition) is 7. The first-order valence-electron chi connectivity index (χ1n) is 10.6. The van der Waals surface area contributed by atoms with E-state index in [0.29, 0.717) is 17.3 Å². The zero-order valence-corrected chi connectivity index (χ0v) is 16.6. The van der Waals surface area contributed by atoms with Crippen molar-refractivity contribution in [3.8, 4) is 0 Å². The second kappa shape index (κ2) is 7.62. The zero-order valence-electron chi connectivity index (χ0n) is 16.6. The number of pyridine rings is 1. The number of aliphatic hydroxyl groups excluding tert-OH is 1. The minimum absolute atomic E-state index is 0.0230. The molecule has 0 saturated carbocycles. The molecule has 0 aliphatic carbocycles. The number of ether oxygens (including phenoxy) is 1. The van der Waals surface area contributed by atoms with Crippen LogP contribution in [0.25, 0.3) is 5.65 Å². The van der Waals surface area contributed by atoms with Crippen LogP contribution in [-0.2, 0) is 4.74 Å². The molecule has 1 N–H and O–H groups in total. The van der Waals surface area contributed by atoms with E-state index in [-0.39, 0.29) is 17.4 Å². The summed E-state index contributed by atoms with van der Waals surface area (Å²) >= 11 is 0. The number of likely N-dealkylation sites (tertiary alicyclic amines) is 2. The Bertz CT molecular complexity index is 872. The molecule has 3 fully saturated rings. The molecule has 156 valence electrons. The average Bonchev–Trinajstić information content (AvgIpc) is 3.22. The molecule has 1 unspecified atom stereocenters. The van der Waals surface area contributed by atoms with Gasteiger partial charge in [-0.3, -0.25) is 9.69 Å². The van der Waals surface area contributed by atoms with Gasteiger partial charge in [0.2, 0.25) is 0 Å². The van der Waals surface area contributed by atoms with Gasteiger partial charge in [0.1, 0.15) is 0 Å². The molecule has 9 heteroatoms. The summed E-state index contributed by atoms with van der Waals surface area (Å²) in [5, 5.41) is 22.0. The normalized spacial score (nSPS) is 26.2. The number of nitrogens with zero attached hydrogens (tertiary/aromatic N) is 6. The van der Waals surface area contributed by atoms with E-state index in [1.54, 1.807) is 18.3 Å². The van der Waals surface area contributed by atoms with E-state index in [2.05, 4.69) is 20.4 Å². The SMILES string of the molecule is O=C(c1ccc2nnnn2c1)N1CCC2(CC1)CC(O)CN(C1CCOCC1)C2. The number of aromatic nitrogens is 4. The lowest BCUT2D eigenvalue weighted by Gasteiger charge is -2.51. The number of fused-ring (bicyclic) bond motifs is 1. The van der Waals surface area contributed by atoms with Crippen molar-refractivity contribution < 1.29 is 14.6 Å². The van der Waals surface area contributed by atoms with Gasteiger partial charge in [-0.1, -0.05) is 0 Å². The van der Waals surface area contributed by atoms with Crippen LogP contribution in [0.1, 0.15) is 42.5 Å². The van der Waals surface area contributed by atoms with Crippen molar-refractivity contribution in [2.24, 2.45) is 5.41 Å². The summed E-state index contributed by atoms with van der Waals surface area (Å²) in [7, 11) is 0.